The van der Waals surface area contributed by atoms with Crippen LogP contribution in [0.2, 0.25) is 0 Å². The second kappa shape index (κ2) is 12.1. The summed E-state index contributed by atoms with van der Waals surface area (Å²) < 4.78 is 0. The zero-order chi connectivity index (χ0) is 2.71. The Bertz CT molecular complexity index is 13.5. The zero-order valence-corrected chi connectivity index (χ0v) is 3.11. The van der Waals surface area contributed by atoms with Gasteiger partial charge in [-0.3, -0.25) is 0 Å². The molecule has 4 heavy (non-hydrogen) atoms. The maximum atomic E-state index is 8.00. The Labute approximate surface area is 34.8 Å². The maximum Gasteiger partial charge on any atom is 1.00 e. The van der Waals surface area contributed by atoms with Gasteiger partial charge in [-0.15, -0.1) is 5.34 Å². The predicted molar refractivity (Wildman–Crippen MR) is 9.16 cm³/mol. The van der Waals surface area contributed by atoms with Crippen molar-refractivity contribution >= 4 is 0 Å². The summed E-state index contributed by atoms with van der Waals surface area (Å²) in [5.74, 6) is 0. The van der Waals surface area contributed by atoms with Crippen LogP contribution < -0.4 is 0 Å². The molecule has 3 nitrogen and oxygen atoms in total. The van der Waals surface area contributed by atoms with E-state index < -0.39 is 0 Å². The first-order chi connectivity index (χ1) is 1.41. The van der Waals surface area contributed by atoms with Crippen LogP contribution >= 0.6 is 0 Å². The Morgan fingerprint density at radius 1 is 1.75 bits per heavy atom. The van der Waals surface area contributed by atoms with Gasteiger partial charge in [0, 0.05) is 0 Å². The van der Waals surface area contributed by atoms with E-state index in [0.29, 0.717) is 0 Å². The van der Waals surface area contributed by atoms with Crippen molar-refractivity contribution in [1.29, 1.82) is 0 Å². The fourth-order valence-corrected chi connectivity index (χ4v) is 0. The van der Waals surface area contributed by atoms with Crippen molar-refractivity contribution in [2.45, 2.75) is 0 Å². The van der Waals surface area contributed by atoms with Gasteiger partial charge in [-0.05, 0) is 0 Å². The topological polar surface area (TPSA) is 52.5 Å². The van der Waals surface area contributed by atoms with Crippen molar-refractivity contribution < 1.29 is 18.6 Å². The Balaban J connectivity index is 0. The molecule has 0 radical (unpaired) electrons. The van der Waals surface area contributed by atoms with E-state index in [4.69, 9.17) is 10.1 Å². The van der Waals surface area contributed by atoms with E-state index in [2.05, 4.69) is 0 Å². The molecule has 0 heterocycles. The molecule has 0 N–H and O–H groups in total. The molecule has 0 bridgehead atoms. The fourth-order valence-electron chi connectivity index (χ4n) is 0. The van der Waals surface area contributed by atoms with Crippen LogP contribution in [0.15, 0.2) is 5.34 Å². The van der Waals surface area contributed by atoms with E-state index in [1.807, 2.05) is 0 Å². The van der Waals surface area contributed by atoms with E-state index in [1.165, 1.54) is 0 Å². The minimum atomic E-state index is 0. The summed E-state index contributed by atoms with van der Waals surface area (Å²) in [5, 5.41) is 9.00. The van der Waals surface area contributed by atoms with Crippen LogP contribution in [0.1, 0.15) is 0 Å². The molecule has 0 rings (SSSR count). The second-order valence-corrected chi connectivity index (χ2v) is 0.0745. The first kappa shape index (κ1) is 9.01. The molecular formula is NO2V. The van der Waals surface area contributed by atoms with E-state index in [0.717, 1.165) is 5.34 Å². The molecule has 0 saturated carbocycles. The second-order valence-electron chi connectivity index (χ2n) is 0.0745. The van der Waals surface area contributed by atoms with Gasteiger partial charge in [0.1, 0.15) is 0 Å². The summed E-state index contributed by atoms with van der Waals surface area (Å²) in [6.45, 7) is 0. The third kappa shape index (κ3) is 7920. The minimum Gasteiger partial charge on any atom is -0.444 e. The van der Waals surface area contributed by atoms with Gasteiger partial charge >= 0.3 is 18.6 Å². The minimum absolute atomic E-state index is 0. The number of rotatable bonds is 0. The molecule has 0 atom stereocenters. The largest absolute Gasteiger partial charge is 1.00 e. The fraction of sp³-hybridized carbons (Fsp3) is 0. The Hall–Kier alpha value is -0.0156. The zero-order valence-electron chi connectivity index (χ0n) is 1.71. The van der Waals surface area contributed by atoms with E-state index >= 15 is 0 Å². The van der Waals surface area contributed by atoms with Crippen LogP contribution in [0.3, 0.4) is 0 Å². The van der Waals surface area contributed by atoms with Gasteiger partial charge in [-0.25, -0.2) is 0 Å². The van der Waals surface area contributed by atoms with Gasteiger partial charge in [0.15, 0.2) is 0 Å². The summed E-state index contributed by atoms with van der Waals surface area (Å²) in [6.07, 6.45) is 0. The average molecular weight is 96.9 g/mol. The summed E-state index contributed by atoms with van der Waals surface area (Å²) in [7, 11) is 0. The van der Waals surface area contributed by atoms with Crippen molar-refractivity contribution in [3.63, 3.8) is 0 Å². The molecule has 0 aromatic heterocycles. The molecule has 0 aromatic rings. The molecule has 0 aliphatic carbocycles. The first-order valence-corrected chi connectivity index (χ1v) is 0.365. The van der Waals surface area contributed by atoms with Crippen molar-refractivity contribution in [1.82, 2.24) is 0 Å². The van der Waals surface area contributed by atoms with Gasteiger partial charge in [0.25, 0.3) is 0 Å². The third-order valence-corrected chi connectivity index (χ3v) is 0. The monoisotopic (exact) mass is 96.9 g/mol. The van der Waals surface area contributed by atoms with Gasteiger partial charge in [0.2, 0.25) is 0 Å². The van der Waals surface area contributed by atoms with Crippen molar-refractivity contribution in [2.24, 2.45) is 5.34 Å². The Morgan fingerprint density at radius 3 is 1.75 bits per heavy atom. The molecular weight excluding hydrogens is 96.9 g/mol. The molecule has 0 aliphatic rings. The quantitative estimate of drug-likeness (QED) is 0.321. The molecule has 0 spiro atoms. The van der Waals surface area contributed by atoms with Crippen LogP contribution in [0.4, 0.5) is 0 Å². The average Bonchev–Trinajstić information content (AvgIpc) is 0.918. The molecule has 0 saturated heterocycles. The van der Waals surface area contributed by atoms with Crippen LogP contribution in [-0.2, 0) is 18.6 Å². The standard InChI is InChI=1S/HNO2.V/c2-1-3;/h(H,2,3);/q;+1/p-1. The molecule has 0 unspecified atom stereocenters. The maximum absolute atomic E-state index is 8.00. The smallest absolute Gasteiger partial charge is 0.444 e. The summed E-state index contributed by atoms with van der Waals surface area (Å²) in [6, 6.07) is 0. The molecule has 0 aliphatic heterocycles. The van der Waals surface area contributed by atoms with Crippen molar-refractivity contribution in [3.05, 3.63) is 10.1 Å². The van der Waals surface area contributed by atoms with Crippen LogP contribution in [0.25, 0.3) is 0 Å². The van der Waals surface area contributed by atoms with Gasteiger partial charge in [-0.1, -0.05) is 0 Å². The molecule has 0 amide bonds. The van der Waals surface area contributed by atoms with E-state index in [9.17, 15) is 0 Å². The van der Waals surface area contributed by atoms with Gasteiger partial charge in [0.05, 0.1) is 0 Å². The predicted octanol–water partition coefficient (Wildman–Crippen LogP) is 0.248. The number of nitrogens with zero attached hydrogens (tertiary/aromatic N) is 1. The van der Waals surface area contributed by atoms with Crippen LogP contribution in [0.5, 0.6) is 0 Å². The molecule has 4 heteroatoms. The molecule has 0 fully saturated rings. The van der Waals surface area contributed by atoms with Gasteiger partial charge in [-0.2, -0.15) is 0 Å². The first-order valence-electron chi connectivity index (χ1n) is 0.365. The number of hydrogen-bond donors (Lipinski definition) is 0. The van der Waals surface area contributed by atoms with Crippen LogP contribution in [-0.4, -0.2) is 0 Å². The SMILES string of the molecule is O=N[O-].[V+]. The Morgan fingerprint density at radius 2 is 1.75 bits per heavy atom. The summed E-state index contributed by atoms with van der Waals surface area (Å²) in [4.78, 5) is 8.00. The Kier molecular flexibility index (Phi) is 27.3. The number of hydrogen-bond acceptors (Lipinski definition) is 3. The summed E-state index contributed by atoms with van der Waals surface area (Å²) in [5.41, 5.74) is 0. The van der Waals surface area contributed by atoms with Crippen molar-refractivity contribution in [2.75, 3.05) is 0 Å². The van der Waals surface area contributed by atoms with E-state index in [-0.39, 0.29) is 18.6 Å². The van der Waals surface area contributed by atoms with Crippen LogP contribution in [0, 0.1) is 10.1 Å². The summed E-state index contributed by atoms with van der Waals surface area (Å²) >= 11 is 0. The molecule has 0 aromatic carbocycles. The molecule has 22 valence electrons. The van der Waals surface area contributed by atoms with Crippen molar-refractivity contribution in [3.8, 4) is 0 Å². The van der Waals surface area contributed by atoms with E-state index in [1.54, 1.807) is 0 Å². The van der Waals surface area contributed by atoms with Gasteiger partial charge < -0.3 is 10.1 Å². The third-order valence-electron chi connectivity index (χ3n) is 0. The normalized spacial score (nSPS) is 3.00.